The molecule has 8 heteroatoms. The van der Waals surface area contributed by atoms with E-state index in [0.717, 1.165) is 27.3 Å². The van der Waals surface area contributed by atoms with Crippen molar-refractivity contribution in [2.45, 2.75) is 18.7 Å². The average Bonchev–Trinajstić information content (AvgIpc) is 3.43. The molecule has 0 spiro atoms. The number of nitrogens with one attached hydrogen (secondary N) is 3. The van der Waals surface area contributed by atoms with E-state index >= 15 is 0 Å². The summed E-state index contributed by atoms with van der Waals surface area (Å²) in [5.74, 6) is -0.708. The Morgan fingerprint density at radius 3 is 2.47 bits per heavy atom. The molecule has 0 aliphatic rings. The lowest BCUT2D eigenvalue weighted by Crippen LogP contribution is -2.30. The third-order valence-electron chi connectivity index (χ3n) is 5.51. The number of rotatable bonds is 9. The predicted molar refractivity (Wildman–Crippen MR) is 157 cm³/mol. The Morgan fingerprint density at radius 1 is 0.895 bits per heavy atom. The maximum Gasteiger partial charge on any atom is 0.272 e. The Hall–Kier alpha value is -4.14. The zero-order chi connectivity index (χ0) is 26.9. The van der Waals surface area contributed by atoms with Crippen LogP contribution in [-0.4, -0.2) is 23.5 Å². The largest absolute Gasteiger partial charge is 0.325 e. The van der Waals surface area contributed by atoms with Crippen LogP contribution in [0.5, 0.6) is 0 Å². The van der Waals surface area contributed by atoms with E-state index in [1.165, 1.54) is 23.1 Å². The molecule has 38 heavy (non-hydrogen) atoms. The summed E-state index contributed by atoms with van der Waals surface area (Å²) < 4.78 is 0. The molecule has 6 nitrogen and oxygen atoms in total. The first-order chi connectivity index (χ1) is 18.4. The van der Waals surface area contributed by atoms with Crippen LogP contribution in [0.4, 0.5) is 11.4 Å². The van der Waals surface area contributed by atoms with Crippen LogP contribution < -0.4 is 16.0 Å². The van der Waals surface area contributed by atoms with E-state index in [2.05, 4.69) is 16.0 Å². The fraction of sp³-hybridized carbons (Fsp3) is 0.100. The molecule has 0 saturated heterocycles. The van der Waals surface area contributed by atoms with Gasteiger partial charge in [0.1, 0.15) is 5.70 Å². The van der Waals surface area contributed by atoms with Gasteiger partial charge in [0.15, 0.2) is 0 Å². The van der Waals surface area contributed by atoms with E-state index in [1.807, 2.05) is 67.1 Å². The number of benzene rings is 3. The lowest BCUT2D eigenvalue weighted by atomic mass is 10.1. The Kier molecular flexibility index (Phi) is 9.13. The smallest absolute Gasteiger partial charge is 0.272 e. The van der Waals surface area contributed by atoms with E-state index in [9.17, 15) is 14.4 Å². The Bertz CT molecular complexity index is 1470. The second kappa shape index (κ2) is 12.9. The van der Waals surface area contributed by atoms with Gasteiger partial charge >= 0.3 is 0 Å². The molecule has 0 saturated carbocycles. The SMILES string of the molecule is Cc1ccc(C)c(NC(=O)CSc2cccc(NC(=O)/C(=C/c3ccsc3)NC(=O)c3ccccc3)c2)c1. The van der Waals surface area contributed by atoms with Gasteiger partial charge in [0.25, 0.3) is 11.8 Å². The van der Waals surface area contributed by atoms with Crippen molar-refractivity contribution < 1.29 is 14.4 Å². The molecule has 0 aliphatic heterocycles. The summed E-state index contributed by atoms with van der Waals surface area (Å²) >= 11 is 2.87. The maximum absolute atomic E-state index is 13.2. The third-order valence-corrected chi connectivity index (χ3v) is 7.21. The van der Waals surface area contributed by atoms with Gasteiger partial charge in [-0.3, -0.25) is 14.4 Å². The number of hydrogen-bond acceptors (Lipinski definition) is 5. The molecule has 4 rings (SSSR count). The third kappa shape index (κ3) is 7.68. The molecule has 0 atom stereocenters. The van der Waals surface area contributed by atoms with Crippen LogP contribution >= 0.6 is 23.1 Å². The lowest BCUT2D eigenvalue weighted by molar-refractivity contribution is -0.114. The Morgan fingerprint density at radius 2 is 1.71 bits per heavy atom. The second-order valence-corrected chi connectivity index (χ2v) is 10.4. The minimum absolute atomic E-state index is 0.109. The first-order valence-corrected chi connectivity index (χ1v) is 13.8. The van der Waals surface area contributed by atoms with Gasteiger partial charge in [-0.15, -0.1) is 11.8 Å². The highest BCUT2D eigenvalue weighted by Gasteiger charge is 2.15. The molecule has 3 aromatic carbocycles. The number of carbonyl (C=O) groups excluding carboxylic acids is 3. The highest BCUT2D eigenvalue weighted by atomic mass is 32.2. The summed E-state index contributed by atoms with van der Waals surface area (Å²) in [6, 6.07) is 23.8. The van der Waals surface area contributed by atoms with Gasteiger partial charge in [-0.2, -0.15) is 11.3 Å². The van der Waals surface area contributed by atoms with Gasteiger partial charge in [-0.25, -0.2) is 0 Å². The summed E-state index contributed by atoms with van der Waals surface area (Å²) in [6.45, 7) is 3.94. The van der Waals surface area contributed by atoms with Crippen LogP contribution in [0.2, 0.25) is 0 Å². The molecule has 1 aromatic heterocycles. The van der Waals surface area contributed by atoms with Gasteiger partial charge < -0.3 is 16.0 Å². The van der Waals surface area contributed by atoms with E-state index in [1.54, 1.807) is 42.5 Å². The summed E-state index contributed by atoms with van der Waals surface area (Å²) in [5.41, 5.74) is 4.84. The van der Waals surface area contributed by atoms with Crippen LogP contribution in [0.25, 0.3) is 6.08 Å². The van der Waals surface area contributed by atoms with Crippen LogP contribution in [0.1, 0.15) is 27.0 Å². The van der Waals surface area contributed by atoms with Crippen molar-refractivity contribution in [3.63, 3.8) is 0 Å². The normalized spacial score (nSPS) is 11.1. The number of amides is 3. The van der Waals surface area contributed by atoms with Crippen LogP contribution in [-0.2, 0) is 9.59 Å². The molecular weight excluding hydrogens is 514 g/mol. The molecule has 4 aromatic rings. The Balaban J connectivity index is 1.41. The first-order valence-electron chi connectivity index (χ1n) is 11.9. The van der Waals surface area contributed by atoms with Crippen molar-refractivity contribution in [3.05, 3.63) is 118 Å². The fourth-order valence-electron chi connectivity index (χ4n) is 3.53. The lowest BCUT2D eigenvalue weighted by Gasteiger charge is -2.12. The summed E-state index contributed by atoms with van der Waals surface area (Å²) in [7, 11) is 0. The van der Waals surface area contributed by atoms with Crippen LogP contribution in [0.15, 0.2) is 100 Å². The van der Waals surface area contributed by atoms with Crippen molar-refractivity contribution in [3.8, 4) is 0 Å². The molecule has 0 fully saturated rings. The molecule has 3 amide bonds. The Labute approximate surface area is 230 Å². The number of aryl methyl sites for hydroxylation is 2. The average molecular weight is 542 g/mol. The van der Waals surface area contributed by atoms with Gasteiger partial charge in [-0.1, -0.05) is 36.4 Å². The monoisotopic (exact) mass is 541 g/mol. The predicted octanol–water partition coefficient (Wildman–Crippen LogP) is 6.51. The van der Waals surface area contributed by atoms with Gasteiger partial charge in [0.05, 0.1) is 5.75 Å². The van der Waals surface area contributed by atoms with Crippen molar-refractivity contribution >= 4 is 58.3 Å². The van der Waals surface area contributed by atoms with E-state index < -0.39 is 5.91 Å². The standard InChI is InChI=1S/C30H27N3O3S2/c1-20-11-12-21(2)26(15-20)32-28(34)19-38-25-10-6-9-24(17-25)31-30(36)27(16-22-13-14-37-18-22)33-29(35)23-7-4-3-5-8-23/h3-18H,19H2,1-2H3,(H,31,36)(H,32,34)(H,33,35)/b27-16-. The number of carbonyl (C=O) groups is 3. The second-order valence-electron chi connectivity index (χ2n) is 8.57. The van der Waals surface area contributed by atoms with Crippen LogP contribution in [0.3, 0.4) is 0 Å². The molecule has 0 bridgehead atoms. The van der Waals surface area contributed by atoms with Crippen LogP contribution in [0, 0.1) is 13.8 Å². The molecule has 3 N–H and O–H groups in total. The van der Waals surface area contributed by atoms with Gasteiger partial charge in [0, 0.05) is 21.8 Å². The van der Waals surface area contributed by atoms with Crippen molar-refractivity contribution in [2.24, 2.45) is 0 Å². The molecule has 192 valence electrons. The van der Waals surface area contributed by atoms with E-state index in [-0.39, 0.29) is 23.3 Å². The number of thioether (sulfide) groups is 1. The fourth-order valence-corrected chi connectivity index (χ4v) is 4.91. The minimum Gasteiger partial charge on any atom is -0.325 e. The van der Waals surface area contributed by atoms with Crippen molar-refractivity contribution in [1.82, 2.24) is 5.32 Å². The van der Waals surface area contributed by atoms with E-state index in [0.29, 0.717) is 11.3 Å². The highest BCUT2D eigenvalue weighted by Crippen LogP contribution is 2.23. The van der Waals surface area contributed by atoms with Crippen molar-refractivity contribution in [2.75, 3.05) is 16.4 Å². The number of anilines is 2. The minimum atomic E-state index is -0.449. The molecular formula is C30H27N3O3S2. The highest BCUT2D eigenvalue weighted by molar-refractivity contribution is 8.00. The zero-order valence-corrected chi connectivity index (χ0v) is 22.6. The quantitative estimate of drug-likeness (QED) is 0.167. The molecule has 1 heterocycles. The maximum atomic E-state index is 13.2. The topological polar surface area (TPSA) is 87.3 Å². The zero-order valence-electron chi connectivity index (χ0n) is 21.0. The summed E-state index contributed by atoms with van der Waals surface area (Å²) in [5, 5.41) is 12.3. The summed E-state index contributed by atoms with van der Waals surface area (Å²) in [4.78, 5) is 39.3. The summed E-state index contributed by atoms with van der Waals surface area (Å²) in [6.07, 6.45) is 1.64. The van der Waals surface area contributed by atoms with E-state index in [4.69, 9.17) is 0 Å². The number of hydrogen-bond donors (Lipinski definition) is 3. The number of thiophene rings is 1. The first kappa shape index (κ1) is 26.9. The van der Waals surface area contributed by atoms with Gasteiger partial charge in [-0.05, 0) is 89.8 Å². The van der Waals surface area contributed by atoms with Crippen molar-refractivity contribution in [1.29, 1.82) is 0 Å². The molecule has 0 radical (unpaired) electrons. The molecule has 0 unspecified atom stereocenters. The molecule has 0 aliphatic carbocycles. The van der Waals surface area contributed by atoms with Gasteiger partial charge in [0.2, 0.25) is 5.91 Å².